The zero-order valence-electron chi connectivity index (χ0n) is 14.0. The van der Waals surface area contributed by atoms with Gasteiger partial charge in [0.25, 0.3) is 5.91 Å². The van der Waals surface area contributed by atoms with Gasteiger partial charge < -0.3 is 19.9 Å². The highest BCUT2D eigenvalue weighted by Crippen LogP contribution is 2.21. The molecule has 1 aromatic carbocycles. The maximum Gasteiger partial charge on any atom is 0.331 e. The average Bonchev–Trinajstić information content (AvgIpc) is 3.22. The minimum atomic E-state index is -1.39. The summed E-state index contributed by atoms with van der Waals surface area (Å²) in [4.78, 5) is 24.0. The van der Waals surface area contributed by atoms with E-state index in [1.807, 2.05) is 19.1 Å². The zero-order valence-corrected chi connectivity index (χ0v) is 14.0. The van der Waals surface area contributed by atoms with Crippen molar-refractivity contribution < 1.29 is 24.2 Å². The van der Waals surface area contributed by atoms with Gasteiger partial charge in [0, 0.05) is 18.7 Å². The Kier molecular flexibility index (Phi) is 4.45. The molecule has 8 nitrogen and oxygen atoms in total. The lowest BCUT2D eigenvalue weighted by atomic mass is 9.99. The third-order valence-electron chi connectivity index (χ3n) is 4.22. The van der Waals surface area contributed by atoms with E-state index < -0.39 is 17.4 Å². The van der Waals surface area contributed by atoms with Crippen molar-refractivity contribution >= 4 is 11.9 Å². The van der Waals surface area contributed by atoms with E-state index in [1.165, 1.54) is 0 Å². The Hall–Kier alpha value is -2.87. The number of benzene rings is 1. The number of carboxylic acids is 1. The van der Waals surface area contributed by atoms with E-state index in [-0.39, 0.29) is 18.7 Å². The maximum absolute atomic E-state index is 12.5. The van der Waals surface area contributed by atoms with Crippen LogP contribution >= 0.6 is 0 Å². The number of hydrogen-bond donors (Lipinski definition) is 2. The van der Waals surface area contributed by atoms with Crippen LogP contribution in [-0.4, -0.2) is 52.6 Å². The first kappa shape index (κ1) is 17.0. The molecular weight excluding hydrogens is 326 g/mol. The number of carbonyl (C=O) groups is 2. The molecule has 0 aliphatic carbocycles. The van der Waals surface area contributed by atoms with E-state index in [2.05, 4.69) is 10.4 Å². The topological polar surface area (TPSA) is 103 Å². The second-order valence-corrected chi connectivity index (χ2v) is 5.92. The predicted molar refractivity (Wildman–Crippen MR) is 88.1 cm³/mol. The number of aryl methyl sites for hydroxylation is 1. The van der Waals surface area contributed by atoms with Crippen molar-refractivity contribution in [3.05, 3.63) is 41.7 Å². The van der Waals surface area contributed by atoms with Crippen LogP contribution in [0.25, 0.3) is 5.69 Å². The molecule has 1 aliphatic heterocycles. The Morgan fingerprint density at radius 1 is 1.36 bits per heavy atom. The Balaban J connectivity index is 1.83. The van der Waals surface area contributed by atoms with Crippen LogP contribution in [0.3, 0.4) is 0 Å². The fraction of sp³-hybridized carbons (Fsp3) is 0.353. The lowest BCUT2D eigenvalue weighted by molar-refractivity contribution is -0.144. The largest absolute Gasteiger partial charge is 0.497 e. The van der Waals surface area contributed by atoms with E-state index in [0.29, 0.717) is 6.61 Å². The van der Waals surface area contributed by atoms with Crippen LogP contribution in [0.2, 0.25) is 0 Å². The summed E-state index contributed by atoms with van der Waals surface area (Å²) in [5, 5.41) is 16.3. The number of aliphatic carboxylic acids is 1. The number of amides is 1. The molecule has 1 saturated heterocycles. The predicted octanol–water partition coefficient (Wildman–Crippen LogP) is 1.16. The summed E-state index contributed by atoms with van der Waals surface area (Å²) in [5.74, 6) is -0.927. The normalized spacial score (nSPS) is 19.6. The molecule has 1 aliphatic rings. The number of nitrogens with one attached hydrogen (secondary N) is 1. The number of nitrogens with zero attached hydrogens (tertiary/aromatic N) is 2. The summed E-state index contributed by atoms with van der Waals surface area (Å²) in [6, 6.07) is 8.86. The molecule has 0 bridgehead atoms. The summed E-state index contributed by atoms with van der Waals surface area (Å²) < 4.78 is 11.9. The summed E-state index contributed by atoms with van der Waals surface area (Å²) in [6.45, 7) is 2.07. The number of hydrogen-bond acceptors (Lipinski definition) is 5. The Bertz CT molecular complexity index is 791. The molecule has 2 heterocycles. The van der Waals surface area contributed by atoms with Crippen LogP contribution in [0.15, 0.2) is 30.3 Å². The minimum absolute atomic E-state index is 0.0494. The van der Waals surface area contributed by atoms with Gasteiger partial charge in [-0.15, -0.1) is 0 Å². The molecule has 2 N–H and O–H groups in total. The Labute approximate surface area is 144 Å². The van der Waals surface area contributed by atoms with Crippen molar-refractivity contribution in [1.82, 2.24) is 15.1 Å². The smallest absolute Gasteiger partial charge is 0.331 e. The molecule has 132 valence electrons. The van der Waals surface area contributed by atoms with Crippen molar-refractivity contribution in [2.75, 3.05) is 20.3 Å². The van der Waals surface area contributed by atoms with Gasteiger partial charge in [0.1, 0.15) is 5.75 Å². The van der Waals surface area contributed by atoms with Crippen molar-refractivity contribution in [2.24, 2.45) is 0 Å². The third kappa shape index (κ3) is 3.20. The molecule has 0 spiro atoms. The minimum Gasteiger partial charge on any atom is -0.497 e. The van der Waals surface area contributed by atoms with Gasteiger partial charge >= 0.3 is 5.97 Å². The monoisotopic (exact) mass is 345 g/mol. The summed E-state index contributed by atoms with van der Waals surface area (Å²) in [5.41, 5.74) is 0.284. The number of methoxy groups -OCH3 is 1. The molecular formula is C17H19N3O5. The van der Waals surface area contributed by atoms with Gasteiger partial charge in [-0.1, -0.05) is 0 Å². The van der Waals surface area contributed by atoms with Crippen LogP contribution in [0.5, 0.6) is 5.75 Å². The molecule has 1 unspecified atom stereocenters. The van der Waals surface area contributed by atoms with Crippen molar-refractivity contribution in [1.29, 1.82) is 0 Å². The Morgan fingerprint density at radius 3 is 2.64 bits per heavy atom. The highest BCUT2D eigenvalue weighted by atomic mass is 16.5. The second-order valence-electron chi connectivity index (χ2n) is 5.92. The molecule has 3 rings (SSSR count). The highest BCUT2D eigenvalue weighted by molar-refractivity contribution is 5.96. The first-order valence-corrected chi connectivity index (χ1v) is 7.80. The lowest BCUT2D eigenvalue weighted by Crippen LogP contribution is -2.55. The first-order valence-electron chi connectivity index (χ1n) is 7.80. The molecule has 1 fully saturated rings. The number of aromatic nitrogens is 2. The summed E-state index contributed by atoms with van der Waals surface area (Å²) >= 11 is 0. The summed E-state index contributed by atoms with van der Waals surface area (Å²) in [7, 11) is 1.58. The second kappa shape index (κ2) is 6.56. The molecule has 0 radical (unpaired) electrons. The van der Waals surface area contributed by atoms with Gasteiger partial charge in [-0.2, -0.15) is 5.10 Å². The van der Waals surface area contributed by atoms with Gasteiger partial charge in [-0.05, 0) is 37.3 Å². The molecule has 8 heteroatoms. The van der Waals surface area contributed by atoms with Crippen molar-refractivity contribution in [3.8, 4) is 11.4 Å². The van der Waals surface area contributed by atoms with Crippen LogP contribution < -0.4 is 10.1 Å². The summed E-state index contributed by atoms with van der Waals surface area (Å²) in [6.07, 6.45) is 0.228. The fourth-order valence-corrected chi connectivity index (χ4v) is 2.74. The maximum atomic E-state index is 12.5. The van der Waals surface area contributed by atoms with Gasteiger partial charge in [0.05, 0.1) is 19.4 Å². The standard InChI is InChI=1S/C17H19N3O5/c1-11-9-14(15(21)18-17(16(22)23)7-8-25-10-17)19-20(11)12-3-5-13(24-2)6-4-12/h3-6,9H,7-8,10H2,1-2H3,(H,18,21)(H,22,23). The quantitative estimate of drug-likeness (QED) is 0.843. The molecule has 1 amide bonds. The Morgan fingerprint density at radius 2 is 2.08 bits per heavy atom. The molecule has 25 heavy (non-hydrogen) atoms. The van der Waals surface area contributed by atoms with E-state index in [1.54, 1.807) is 30.0 Å². The average molecular weight is 345 g/mol. The highest BCUT2D eigenvalue weighted by Gasteiger charge is 2.44. The van der Waals surface area contributed by atoms with E-state index in [4.69, 9.17) is 9.47 Å². The molecule has 1 aromatic heterocycles. The molecule has 0 saturated carbocycles. The van der Waals surface area contributed by atoms with Gasteiger partial charge in [-0.3, -0.25) is 4.79 Å². The number of carboxylic acid groups (broad SMARTS) is 1. The number of ether oxygens (including phenoxy) is 2. The first-order chi connectivity index (χ1) is 11.9. The van der Waals surface area contributed by atoms with Crippen LogP contribution in [0.1, 0.15) is 22.6 Å². The number of rotatable bonds is 5. The van der Waals surface area contributed by atoms with Gasteiger partial charge in [0.15, 0.2) is 11.2 Å². The number of carbonyl (C=O) groups excluding carboxylic acids is 1. The van der Waals surface area contributed by atoms with Gasteiger partial charge in [0.2, 0.25) is 0 Å². The van der Waals surface area contributed by atoms with E-state index >= 15 is 0 Å². The zero-order chi connectivity index (χ0) is 18.0. The fourth-order valence-electron chi connectivity index (χ4n) is 2.74. The van der Waals surface area contributed by atoms with Crippen LogP contribution in [0, 0.1) is 6.92 Å². The SMILES string of the molecule is COc1ccc(-n2nc(C(=O)NC3(C(=O)O)CCOC3)cc2C)cc1. The van der Waals surface area contributed by atoms with E-state index in [9.17, 15) is 14.7 Å². The van der Waals surface area contributed by atoms with Crippen molar-refractivity contribution in [2.45, 2.75) is 18.9 Å². The molecule has 1 atom stereocenters. The lowest BCUT2D eigenvalue weighted by Gasteiger charge is -2.22. The van der Waals surface area contributed by atoms with E-state index in [0.717, 1.165) is 17.1 Å². The van der Waals surface area contributed by atoms with Crippen LogP contribution in [0.4, 0.5) is 0 Å². The third-order valence-corrected chi connectivity index (χ3v) is 4.22. The van der Waals surface area contributed by atoms with Crippen LogP contribution in [-0.2, 0) is 9.53 Å². The molecule has 2 aromatic rings. The van der Waals surface area contributed by atoms with Crippen molar-refractivity contribution in [3.63, 3.8) is 0 Å². The van der Waals surface area contributed by atoms with Gasteiger partial charge in [-0.25, -0.2) is 9.48 Å².